The van der Waals surface area contributed by atoms with Crippen LogP contribution in [-0.4, -0.2) is 85.7 Å². The molecule has 15 heteroatoms. The van der Waals surface area contributed by atoms with Crippen LogP contribution >= 0.6 is 0 Å². The molecule has 0 aliphatic carbocycles. The maximum atomic E-state index is 13.2. The molecule has 4 aromatic rings. The highest BCUT2D eigenvalue weighted by atomic mass is 32.2. The predicted octanol–water partition coefficient (Wildman–Crippen LogP) is 2.89. The topological polar surface area (TPSA) is 178 Å². The molecule has 6 rings (SSSR count). The van der Waals surface area contributed by atoms with Gasteiger partial charge in [0, 0.05) is 37.3 Å². The summed E-state index contributed by atoms with van der Waals surface area (Å²) < 4.78 is 45.2. The third-order valence-corrected chi connectivity index (χ3v) is 8.59. The fraction of sp³-hybridized carbons (Fsp3) is 0.286. The Morgan fingerprint density at radius 1 is 1.19 bits per heavy atom. The highest BCUT2D eigenvalue weighted by Crippen LogP contribution is 2.30. The van der Waals surface area contributed by atoms with Gasteiger partial charge in [-0.2, -0.15) is 0 Å². The van der Waals surface area contributed by atoms with Crippen LogP contribution < -0.4 is 14.8 Å². The summed E-state index contributed by atoms with van der Waals surface area (Å²) in [6.45, 7) is 3.62. The Morgan fingerprint density at radius 3 is 2.81 bits per heavy atom. The number of H-pyrrole nitrogens is 1. The summed E-state index contributed by atoms with van der Waals surface area (Å²) in [5.74, 6) is -0.518. The second-order valence-corrected chi connectivity index (χ2v) is 11.8. The fourth-order valence-corrected chi connectivity index (χ4v) is 5.90. The first-order valence-electron chi connectivity index (χ1n) is 13.5. The van der Waals surface area contributed by atoms with Gasteiger partial charge in [-0.3, -0.25) is 19.8 Å². The van der Waals surface area contributed by atoms with E-state index in [1.54, 1.807) is 24.4 Å². The SMILES string of the molecule is O=C(NS(=O)(=O)c1ccc(NCC2CN(C3COC3)CCO2)c([N+](=O)[O-])c1)c1ccccc1Oc1cnc2[nH]ccc2c1. The van der Waals surface area contributed by atoms with Crippen LogP contribution in [0.25, 0.3) is 11.0 Å². The number of anilines is 1. The fourth-order valence-electron chi connectivity index (χ4n) is 4.92. The van der Waals surface area contributed by atoms with Gasteiger partial charge >= 0.3 is 0 Å². The molecule has 1 amide bonds. The number of amides is 1. The Bertz CT molecular complexity index is 1770. The van der Waals surface area contributed by atoms with E-state index in [1.165, 1.54) is 30.5 Å². The number of aromatic nitrogens is 2. The number of hydrogen-bond acceptors (Lipinski definition) is 11. The molecule has 1 unspecified atom stereocenters. The minimum absolute atomic E-state index is 0.0528. The number of rotatable bonds is 10. The highest BCUT2D eigenvalue weighted by Gasteiger charge is 2.31. The number of carbonyl (C=O) groups excluding carboxylic acids is 1. The number of nitrogens with one attached hydrogen (secondary N) is 3. The second kappa shape index (κ2) is 12.0. The van der Waals surface area contributed by atoms with Crippen molar-refractivity contribution in [2.24, 2.45) is 0 Å². The zero-order chi connectivity index (χ0) is 30.0. The summed E-state index contributed by atoms with van der Waals surface area (Å²) in [6.07, 6.45) is 2.99. The number of ether oxygens (including phenoxy) is 3. The van der Waals surface area contributed by atoms with E-state index < -0.39 is 31.4 Å². The molecule has 2 aromatic carbocycles. The largest absolute Gasteiger partial charge is 0.455 e. The molecule has 0 spiro atoms. The second-order valence-electron chi connectivity index (χ2n) is 10.1. The average molecular weight is 609 g/mol. The third kappa shape index (κ3) is 6.29. The number of para-hydroxylation sites is 1. The Labute approximate surface area is 246 Å². The third-order valence-electron chi connectivity index (χ3n) is 7.27. The first-order valence-corrected chi connectivity index (χ1v) is 15.0. The van der Waals surface area contributed by atoms with Gasteiger partial charge in [0.1, 0.15) is 22.8 Å². The lowest BCUT2D eigenvalue weighted by atomic mass is 10.1. The standard InChI is InChI=1S/C28H28N6O8S/c35-28(23-3-1-2-4-26(23)42-20-11-18-7-8-29-27(18)31-13-20)32-43(38,39)22-5-6-24(25(12-22)34(36)37)30-14-21-15-33(9-10-41-21)19-16-40-17-19/h1-8,11-13,19,21,30H,9-10,14-17H2,(H,29,31)(H,32,35). The zero-order valence-electron chi connectivity index (χ0n) is 22.8. The van der Waals surface area contributed by atoms with Gasteiger partial charge in [0.2, 0.25) is 0 Å². The number of morpholine rings is 1. The van der Waals surface area contributed by atoms with Crippen LogP contribution in [0.15, 0.2) is 71.9 Å². The Morgan fingerprint density at radius 2 is 2.02 bits per heavy atom. The first kappa shape index (κ1) is 28.5. The molecular weight excluding hydrogens is 580 g/mol. The number of benzene rings is 2. The Kier molecular flexibility index (Phi) is 7.94. The smallest absolute Gasteiger partial charge is 0.293 e. The van der Waals surface area contributed by atoms with Gasteiger partial charge in [0.15, 0.2) is 0 Å². The number of sulfonamides is 1. The number of nitro benzene ring substituents is 1. The summed E-state index contributed by atoms with van der Waals surface area (Å²) in [5.41, 5.74) is 0.290. The van der Waals surface area contributed by atoms with Gasteiger partial charge in [-0.15, -0.1) is 0 Å². The van der Waals surface area contributed by atoms with Gasteiger partial charge in [-0.25, -0.2) is 18.1 Å². The van der Waals surface area contributed by atoms with Crippen molar-refractivity contribution in [2.75, 3.05) is 44.8 Å². The monoisotopic (exact) mass is 608 g/mol. The molecule has 2 fully saturated rings. The van der Waals surface area contributed by atoms with Gasteiger partial charge in [-0.05, 0) is 36.4 Å². The molecule has 1 atom stereocenters. The van der Waals surface area contributed by atoms with Gasteiger partial charge in [0.25, 0.3) is 21.6 Å². The maximum absolute atomic E-state index is 13.2. The van der Waals surface area contributed by atoms with Crippen molar-refractivity contribution >= 4 is 38.3 Å². The van der Waals surface area contributed by atoms with Crippen LogP contribution in [-0.2, 0) is 19.5 Å². The van der Waals surface area contributed by atoms with Crippen LogP contribution in [0.5, 0.6) is 11.5 Å². The lowest BCUT2D eigenvalue weighted by molar-refractivity contribution is -0.384. The van der Waals surface area contributed by atoms with E-state index in [9.17, 15) is 23.3 Å². The summed E-state index contributed by atoms with van der Waals surface area (Å²) in [7, 11) is -4.49. The zero-order valence-corrected chi connectivity index (χ0v) is 23.6. The molecule has 224 valence electrons. The number of fused-ring (bicyclic) bond motifs is 1. The number of aromatic amines is 1. The molecule has 0 saturated carbocycles. The summed E-state index contributed by atoms with van der Waals surface area (Å²) in [4.78, 5) is 33.4. The van der Waals surface area contributed by atoms with E-state index in [0.717, 1.165) is 18.0 Å². The number of hydrogen-bond donors (Lipinski definition) is 3. The van der Waals surface area contributed by atoms with Gasteiger partial charge in [0.05, 0.1) is 53.5 Å². The Hall–Kier alpha value is -4.57. The van der Waals surface area contributed by atoms with Crippen LogP contribution in [0.4, 0.5) is 11.4 Å². The summed E-state index contributed by atoms with van der Waals surface area (Å²) in [5, 5.41) is 15.7. The molecule has 3 N–H and O–H groups in total. The number of nitrogens with zero attached hydrogens (tertiary/aromatic N) is 3. The molecule has 14 nitrogen and oxygen atoms in total. The van der Waals surface area contributed by atoms with Crippen molar-refractivity contribution in [1.82, 2.24) is 19.6 Å². The maximum Gasteiger partial charge on any atom is 0.293 e. The number of nitro groups is 1. The van der Waals surface area contributed by atoms with Crippen molar-refractivity contribution in [3.63, 3.8) is 0 Å². The van der Waals surface area contributed by atoms with Crippen molar-refractivity contribution in [3.8, 4) is 11.5 Å². The van der Waals surface area contributed by atoms with Crippen LogP contribution in [0.3, 0.4) is 0 Å². The summed E-state index contributed by atoms with van der Waals surface area (Å²) >= 11 is 0. The molecular formula is C28H28N6O8S. The van der Waals surface area contributed by atoms with E-state index in [1.807, 2.05) is 10.8 Å². The predicted molar refractivity (Wildman–Crippen MR) is 155 cm³/mol. The van der Waals surface area contributed by atoms with Gasteiger partial charge in [-0.1, -0.05) is 12.1 Å². The molecule has 4 heterocycles. The van der Waals surface area contributed by atoms with Crippen LogP contribution in [0.2, 0.25) is 0 Å². The van der Waals surface area contributed by atoms with Crippen molar-refractivity contribution in [3.05, 3.63) is 82.7 Å². The normalized spacial score (nSPS) is 17.7. The average Bonchev–Trinajstić information content (AvgIpc) is 3.43. The van der Waals surface area contributed by atoms with Crippen molar-refractivity contribution in [1.29, 1.82) is 0 Å². The molecule has 0 radical (unpaired) electrons. The van der Waals surface area contributed by atoms with E-state index in [2.05, 4.69) is 20.2 Å². The lowest BCUT2D eigenvalue weighted by Crippen LogP contribution is -2.56. The minimum Gasteiger partial charge on any atom is -0.455 e. The summed E-state index contributed by atoms with van der Waals surface area (Å²) in [6, 6.07) is 13.4. The lowest BCUT2D eigenvalue weighted by Gasteiger charge is -2.42. The molecule has 43 heavy (non-hydrogen) atoms. The van der Waals surface area contributed by atoms with Crippen molar-refractivity contribution in [2.45, 2.75) is 17.0 Å². The molecule has 2 aromatic heterocycles. The molecule has 0 bridgehead atoms. The number of pyridine rings is 1. The quantitative estimate of drug-likeness (QED) is 0.178. The van der Waals surface area contributed by atoms with Crippen molar-refractivity contribution < 1.29 is 32.3 Å². The van der Waals surface area contributed by atoms with E-state index >= 15 is 0 Å². The van der Waals surface area contributed by atoms with Gasteiger partial charge < -0.3 is 24.5 Å². The molecule has 2 aliphatic heterocycles. The minimum atomic E-state index is -4.49. The Balaban J connectivity index is 1.15. The number of carbonyl (C=O) groups is 1. The molecule has 2 aliphatic rings. The van der Waals surface area contributed by atoms with E-state index in [-0.39, 0.29) is 29.6 Å². The van der Waals surface area contributed by atoms with E-state index in [4.69, 9.17) is 14.2 Å². The molecule has 2 saturated heterocycles. The van der Waals surface area contributed by atoms with E-state index in [0.29, 0.717) is 43.8 Å². The van der Waals surface area contributed by atoms with Crippen LogP contribution in [0, 0.1) is 10.1 Å². The van der Waals surface area contributed by atoms with Crippen LogP contribution in [0.1, 0.15) is 10.4 Å². The highest BCUT2D eigenvalue weighted by molar-refractivity contribution is 7.90. The first-order chi connectivity index (χ1) is 20.8.